The van der Waals surface area contributed by atoms with Gasteiger partial charge in [0, 0.05) is 24.8 Å². The average Bonchev–Trinajstić information content (AvgIpc) is 3.24. The Morgan fingerprint density at radius 2 is 2.17 bits per heavy atom. The molecule has 4 rings (SSSR count). The van der Waals surface area contributed by atoms with Crippen LogP contribution in [0.3, 0.4) is 0 Å². The Labute approximate surface area is 135 Å². The summed E-state index contributed by atoms with van der Waals surface area (Å²) in [6.07, 6.45) is 4.28. The molecule has 1 aliphatic rings. The highest BCUT2D eigenvalue weighted by molar-refractivity contribution is 5.91. The summed E-state index contributed by atoms with van der Waals surface area (Å²) in [7, 11) is 1.83. The van der Waals surface area contributed by atoms with E-state index >= 15 is 0 Å². The molecule has 0 bridgehead atoms. The van der Waals surface area contributed by atoms with E-state index in [2.05, 4.69) is 32.7 Å². The molecule has 23 heavy (non-hydrogen) atoms. The molecule has 2 N–H and O–H groups in total. The van der Waals surface area contributed by atoms with E-state index in [4.69, 9.17) is 5.10 Å². The zero-order chi connectivity index (χ0) is 15.6. The Kier molecular flexibility index (Phi) is 3.67. The summed E-state index contributed by atoms with van der Waals surface area (Å²) in [5.41, 5.74) is 2.93. The monoisotopic (exact) mass is 308 g/mol. The molecule has 0 radical (unpaired) electrons. The maximum atomic E-state index is 4.84. The van der Waals surface area contributed by atoms with E-state index < -0.39 is 0 Å². The molecule has 1 unspecified atom stereocenters. The second-order valence-corrected chi connectivity index (χ2v) is 5.87. The van der Waals surface area contributed by atoms with Gasteiger partial charge in [-0.15, -0.1) is 0 Å². The van der Waals surface area contributed by atoms with Crippen LogP contribution in [0.25, 0.3) is 22.3 Å². The second-order valence-electron chi connectivity index (χ2n) is 5.87. The van der Waals surface area contributed by atoms with Gasteiger partial charge in [-0.05, 0) is 19.4 Å². The summed E-state index contributed by atoms with van der Waals surface area (Å²) in [6, 6.07) is 10.7. The van der Waals surface area contributed by atoms with Crippen molar-refractivity contribution in [3.05, 3.63) is 36.5 Å². The summed E-state index contributed by atoms with van der Waals surface area (Å²) in [4.78, 5) is 9.00. The number of aromatic nitrogens is 4. The first-order chi connectivity index (χ1) is 11.3. The fourth-order valence-corrected chi connectivity index (χ4v) is 3.14. The number of hydrogen-bond acceptors (Lipinski definition) is 5. The lowest BCUT2D eigenvalue weighted by atomic mass is 10.1. The van der Waals surface area contributed by atoms with E-state index in [9.17, 15) is 0 Å². The van der Waals surface area contributed by atoms with Crippen LogP contribution in [0, 0.1) is 0 Å². The first-order valence-electron chi connectivity index (χ1n) is 8.05. The van der Waals surface area contributed by atoms with E-state index in [1.165, 1.54) is 12.8 Å². The average molecular weight is 308 g/mol. The van der Waals surface area contributed by atoms with Crippen LogP contribution in [-0.2, 0) is 6.54 Å². The number of benzene rings is 1. The van der Waals surface area contributed by atoms with E-state index in [1.54, 1.807) is 0 Å². The minimum absolute atomic E-state index is 0.467. The highest BCUT2D eigenvalue weighted by Crippen LogP contribution is 2.27. The lowest BCUT2D eigenvalue weighted by Crippen LogP contribution is -2.27. The second kappa shape index (κ2) is 5.96. The van der Waals surface area contributed by atoms with E-state index in [-0.39, 0.29) is 0 Å². The summed E-state index contributed by atoms with van der Waals surface area (Å²) in [5.74, 6) is 0.623. The molecule has 3 aromatic rings. The molecule has 6 nitrogen and oxygen atoms in total. The zero-order valence-electron chi connectivity index (χ0n) is 13.2. The number of hydrogen-bond donors (Lipinski definition) is 2. The number of nitrogens with zero attached hydrogens (tertiary/aromatic N) is 4. The van der Waals surface area contributed by atoms with E-state index in [1.807, 2.05) is 36.1 Å². The van der Waals surface area contributed by atoms with Gasteiger partial charge in [0.2, 0.25) is 5.95 Å². The topological polar surface area (TPSA) is 67.7 Å². The molecule has 2 aromatic heterocycles. The van der Waals surface area contributed by atoms with Crippen LogP contribution in [0.1, 0.15) is 12.8 Å². The first kappa shape index (κ1) is 14.1. The molecule has 1 aliphatic heterocycles. The van der Waals surface area contributed by atoms with E-state index in [0.717, 1.165) is 35.4 Å². The standard InChI is InChI=1S/C17H20N6/c1-18-17-20-10-14-15(12-6-3-2-4-7-12)22-23(16(14)21-17)11-13-8-5-9-19-13/h2-4,6-7,10,13,19H,5,8-9,11H2,1H3,(H,18,20,21). The first-order valence-corrected chi connectivity index (χ1v) is 8.05. The van der Waals surface area contributed by atoms with Gasteiger partial charge in [-0.3, -0.25) is 0 Å². The highest BCUT2D eigenvalue weighted by Gasteiger charge is 2.19. The van der Waals surface area contributed by atoms with Crippen LogP contribution in [-0.4, -0.2) is 39.4 Å². The predicted molar refractivity (Wildman–Crippen MR) is 91.3 cm³/mol. The smallest absolute Gasteiger partial charge is 0.224 e. The van der Waals surface area contributed by atoms with Gasteiger partial charge in [0.15, 0.2) is 5.65 Å². The molecule has 6 heteroatoms. The van der Waals surface area contributed by atoms with Gasteiger partial charge in [-0.1, -0.05) is 30.3 Å². The van der Waals surface area contributed by atoms with Crippen molar-refractivity contribution in [2.75, 3.05) is 18.9 Å². The Morgan fingerprint density at radius 3 is 2.91 bits per heavy atom. The molecular weight excluding hydrogens is 288 g/mol. The quantitative estimate of drug-likeness (QED) is 0.774. The molecule has 1 aromatic carbocycles. The minimum atomic E-state index is 0.467. The molecular formula is C17H20N6. The minimum Gasteiger partial charge on any atom is -0.357 e. The van der Waals surface area contributed by atoms with Crippen LogP contribution < -0.4 is 10.6 Å². The zero-order valence-corrected chi connectivity index (χ0v) is 13.2. The van der Waals surface area contributed by atoms with Crippen LogP contribution in [0.2, 0.25) is 0 Å². The van der Waals surface area contributed by atoms with Crippen molar-refractivity contribution in [1.82, 2.24) is 25.1 Å². The molecule has 0 aliphatic carbocycles. The summed E-state index contributed by atoms with van der Waals surface area (Å²) in [6.45, 7) is 1.93. The van der Waals surface area contributed by atoms with E-state index in [0.29, 0.717) is 12.0 Å². The molecule has 0 saturated carbocycles. The molecule has 1 saturated heterocycles. The molecule has 1 fully saturated rings. The maximum absolute atomic E-state index is 4.84. The lowest BCUT2D eigenvalue weighted by molar-refractivity contribution is 0.485. The fourth-order valence-electron chi connectivity index (χ4n) is 3.14. The fraction of sp³-hybridized carbons (Fsp3) is 0.353. The van der Waals surface area contributed by atoms with Crippen molar-refractivity contribution in [2.45, 2.75) is 25.4 Å². The van der Waals surface area contributed by atoms with Crippen molar-refractivity contribution in [3.8, 4) is 11.3 Å². The number of fused-ring (bicyclic) bond motifs is 1. The van der Waals surface area contributed by atoms with Gasteiger partial charge < -0.3 is 10.6 Å². The van der Waals surface area contributed by atoms with Gasteiger partial charge in [0.05, 0.1) is 11.9 Å². The third-order valence-corrected chi connectivity index (χ3v) is 4.32. The third-order valence-electron chi connectivity index (χ3n) is 4.32. The van der Waals surface area contributed by atoms with Crippen LogP contribution in [0.4, 0.5) is 5.95 Å². The molecule has 3 heterocycles. The normalized spacial score (nSPS) is 17.7. The Bertz CT molecular complexity index is 805. The Morgan fingerprint density at radius 1 is 1.30 bits per heavy atom. The number of rotatable bonds is 4. The van der Waals surface area contributed by atoms with Gasteiger partial charge in [-0.25, -0.2) is 9.67 Å². The van der Waals surface area contributed by atoms with Crippen LogP contribution in [0.5, 0.6) is 0 Å². The maximum Gasteiger partial charge on any atom is 0.224 e. The Hall–Kier alpha value is -2.47. The van der Waals surface area contributed by atoms with Crippen molar-refractivity contribution < 1.29 is 0 Å². The highest BCUT2D eigenvalue weighted by atomic mass is 15.3. The number of anilines is 1. The van der Waals surface area contributed by atoms with Gasteiger partial charge in [0.1, 0.15) is 5.69 Å². The summed E-state index contributed by atoms with van der Waals surface area (Å²) < 4.78 is 2.02. The lowest BCUT2D eigenvalue weighted by Gasteiger charge is -2.10. The van der Waals surface area contributed by atoms with Gasteiger partial charge in [-0.2, -0.15) is 10.1 Å². The predicted octanol–water partition coefficient (Wildman–Crippen LogP) is 2.29. The summed E-state index contributed by atoms with van der Waals surface area (Å²) >= 11 is 0. The van der Waals surface area contributed by atoms with Crippen LogP contribution in [0.15, 0.2) is 36.5 Å². The summed E-state index contributed by atoms with van der Waals surface area (Å²) in [5, 5.41) is 12.4. The van der Waals surface area contributed by atoms with Crippen molar-refractivity contribution in [1.29, 1.82) is 0 Å². The van der Waals surface area contributed by atoms with Crippen LogP contribution >= 0.6 is 0 Å². The van der Waals surface area contributed by atoms with Gasteiger partial charge >= 0.3 is 0 Å². The molecule has 0 amide bonds. The largest absolute Gasteiger partial charge is 0.357 e. The third kappa shape index (κ3) is 2.66. The SMILES string of the molecule is CNc1ncc2c(-c3ccccc3)nn(CC3CCCN3)c2n1. The van der Waals surface area contributed by atoms with Gasteiger partial charge in [0.25, 0.3) is 0 Å². The number of nitrogens with one attached hydrogen (secondary N) is 2. The molecule has 0 spiro atoms. The molecule has 1 atom stereocenters. The molecule has 118 valence electrons. The van der Waals surface area contributed by atoms with Crippen molar-refractivity contribution >= 4 is 17.0 Å². The van der Waals surface area contributed by atoms with Crippen molar-refractivity contribution in [2.24, 2.45) is 0 Å². The Balaban J connectivity index is 1.83. The van der Waals surface area contributed by atoms with Crippen molar-refractivity contribution in [3.63, 3.8) is 0 Å².